The zero-order valence-electron chi connectivity index (χ0n) is 28.2. The van der Waals surface area contributed by atoms with E-state index in [9.17, 15) is 22.4 Å². The van der Waals surface area contributed by atoms with E-state index in [4.69, 9.17) is 48.2 Å². The van der Waals surface area contributed by atoms with Crippen molar-refractivity contribution in [3.63, 3.8) is 0 Å². The maximum atomic E-state index is 15.5. The number of hydrogen-bond acceptors (Lipinski definition) is 10. The largest absolute Gasteiger partial charge is 0.461 e. The number of aryl methyl sites for hydroxylation is 1. The fraction of sp³-hybridized carbons (Fsp3) is 0.515. The minimum atomic E-state index is -5.01. The van der Waals surface area contributed by atoms with Gasteiger partial charge in [0.05, 0.1) is 70.9 Å². The smallest absolute Gasteiger partial charge is 0.418 e. The fourth-order valence-electron chi connectivity index (χ4n) is 7.68. The number of ether oxygens (including phenoxy) is 2. The third-order valence-corrected chi connectivity index (χ3v) is 10.9. The lowest BCUT2D eigenvalue weighted by Gasteiger charge is -2.33. The summed E-state index contributed by atoms with van der Waals surface area (Å²) in [5.74, 6) is -1.46. The summed E-state index contributed by atoms with van der Waals surface area (Å²) < 4.78 is 85.8. The van der Waals surface area contributed by atoms with Crippen LogP contribution in [-0.2, 0) is 41.9 Å². The number of hydrogen-bond donors (Lipinski definition) is 1. The molecule has 2 fully saturated rings. The topological polar surface area (TPSA) is 124 Å². The van der Waals surface area contributed by atoms with E-state index in [2.05, 4.69) is 15.0 Å². The van der Waals surface area contributed by atoms with E-state index >= 15 is 4.39 Å². The summed E-state index contributed by atoms with van der Waals surface area (Å²) in [6.07, 6.45) is -3.43. The van der Waals surface area contributed by atoms with Crippen LogP contribution in [0.25, 0.3) is 0 Å². The number of aromatic nitrogens is 4. The van der Waals surface area contributed by atoms with Gasteiger partial charge in [-0.05, 0) is 43.9 Å². The van der Waals surface area contributed by atoms with Gasteiger partial charge in [-0.15, -0.1) is 0 Å². The molecule has 7 rings (SSSR count). The van der Waals surface area contributed by atoms with Gasteiger partial charge in [0.15, 0.2) is 11.5 Å². The summed E-state index contributed by atoms with van der Waals surface area (Å²) in [6, 6.07) is 0.670. The highest BCUT2D eigenvalue weighted by atomic mass is 35.5. The Hall–Kier alpha value is -3.77. The molecule has 0 bridgehead atoms. The molecule has 3 aromatic rings. The van der Waals surface area contributed by atoms with Gasteiger partial charge in [0, 0.05) is 44.2 Å². The lowest BCUT2D eigenvalue weighted by molar-refractivity contribution is -0.140. The van der Waals surface area contributed by atoms with Gasteiger partial charge >= 0.3 is 12.2 Å². The highest BCUT2D eigenvalue weighted by Crippen LogP contribution is 2.47. The molecule has 280 valence electrons. The van der Waals surface area contributed by atoms with Crippen LogP contribution in [0.1, 0.15) is 70.4 Å². The molecular formula is C33H35Cl2F5N8O4. The van der Waals surface area contributed by atoms with Crippen LogP contribution in [0.4, 0.5) is 33.5 Å². The molecule has 1 aromatic carbocycles. The van der Waals surface area contributed by atoms with Gasteiger partial charge < -0.3 is 20.1 Å². The number of hydroxylamine groups is 2. The summed E-state index contributed by atoms with van der Waals surface area (Å²) in [4.78, 5) is 31.4. The standard InChI is InChI=1S/C33H35Cl2F5N8O4/c1-45(50-2)30(49)28-26(35)22-14-46(6-4-8-48(22)44-28)29-18-15-51-23(24-25(33(38,39)40)19(34)9-20(41)27(24)37)10-21(18)42-31(43-29)52-16-32-5-3-7-47(32)13-17(11-32)12-36/h9,12,23H,3-8,10-11,13-16,41H2,1-2H3/b17-12-/t23?,32-/m0/s1. The van der Waals surface area contributed by atoms with Crippen molar-refractivity contribution >= 4 is 40.6 Å². The monoisotopic (exact) mass is 772 g/mol. The van der Waals surface area contributed by atoms with Crippen LogP contribution in [0.2, 0.25) is 10.0 Å². The minimum Gasteiger partial charge on any atom is -0.461 e. The molecule has 0 spiro atoms. The zero-order valence-corrected chi connectivity index (χ0v) is 29.7. The van der Waals surface area contributed by atoms with Crippen LogP contribution in [0.5, 0.6) is 6.01 Å². The van der Waals surface area contributed by atoms with Crippen LogP contribution in [0.3, 0.4) is 0 Å². The maximum absolute atomic E-state index is 15.5. The van der Waals surface area contributed by atoms with E-state index in [1.807, 2.05) is 4.90 Å². The number of carbonyl (C=O) groups excluding carboxylic acids is 1. The Morgan fingerprint density at radius 1 is 1.21 bits per heavy atom. The second-order valence-corrected chi connectivity index (χ2v) is 14.2. The summed E-state index contributed by atoms with van der Waals surface area (Å²) in [5, 5.41) is 4.82. The Morgan fingerprint density at radius 3 is 2.73 bits per heavy atom. The molecule has 19 heteroatoms. The lowest BCUT2D eigenvalue weighted by Crippen LogP contribution is -2.43. The summed E-state index contributed by atoms with van der Waals surface area (Å²) >= 11 is 12.7. The van der Waals surface area contributed by atoms with E-state index in [-0.39, 0.29) is 48.6 Å². The molecular weight excluding hydrogens is 738 g/mol. The number of anilines is 2. The number of nitrogens with two attached hydrogens (primary N) is 1. The van der Waals surface area contributed by atoms with E-state index in [1.165, 1.54) is 14.2 Å². The minimum absolute atomic E-state index is 0.00436. The predicted molar refractivity (Wildman–Crippen MR) is 179 cm³/mol. The van der Waals surface area contributed by atoms with Crippen LogP contribution < -0.4 is 15.4 Å². The van der Waals surface area contributed by atoms with Gasteiger partial charge in [0.1, 0.15) is 12.4 Å². The number of halogens is 7. The number of carbonyl (C=O) groups is 1. The van der Waals surface area contributed by atoms with Gasteiger partial charge in [-0.2, -0.15) is 28.2 Å². The molecule has 0 aliphatic carbocycles. The van der Waals surface area contributed by atoms with Gasteiger partial charge in [-0.1, -0.05) is 23.2 Å². The van der Waals surface area contributed by atoms with Gasteiger partial charge in [0.25, 0.3) is 5.91 Å². The molecule has 1 unspecified atom stereocenters. The highest BCUT2D eigenvalue weighted by Gasteiger charge is 2.48. The first-order valence-corrected chi connectivity index (χ1v) is 17.3. The van der Waals surface area contributed by atoms with Crippen LogP contribution in [0, 0.1) is 5.82 Å². The van der Waals surface area contributed by atoms with Gasteiger partial charge in [-0.3, -0.25) is 19.2 Å². The van der Waals surface area contributed by atoms with Gasteiger partial charge in [-0.25, -0.2) is 13.8 Å². The second kappa shape index (κ2) is 13.9. The quantitative estimate of drug-likeness (QED) is 0.173. The lowest BCUT2D eigenvalue weighted by atomic mass is 9.93. The summed E-state index contributed by atoms with van der Waals surface area (Å²) in [5.41, 5.74) is 4.45. The molecule has 12 nitrogen and oxygen atoms in total. The van der Waals surface area contributed by atoms with E-state index in [0.717, 1.165) is 30.5 Å². The first kappa shape index (κ1) is 36.6. The fourth-order valence-corrected chi connectivity index (χ4v) is 8.28. The molecule has 2 N–H and O–H groups in total. The summed E-state index contributed by atoms with van der Waals surface area (Å²) in [6.45, 7) is 2.11. The van der Waals surface area contributed by atoms with Crippen molar-refractivity contribution in [1.29, 1.82) is 0 Å². The molecule has 0 radical (unpaired) electrons. The SMILES string of the molecule is CON(C)C(=O)c1nn2c(c1Cl)CN(c1nc(OC[C@@]34CCCN3C/C(=C\F)C4)nc3c1COC(c1c(F)c(N)cc(Cl)c1C(F)(F)F)C3)CCC2. The Bertz CT molecular complexity index is 1940. The highest BCUT2D eigenvalue weighted by molar-refractivity contribution is 6.34. The molecule has 0 saturated carbocycles. The van der Waals surface area contributed by atoms with Crippen molar-refractivity contribution < 1.29 is 41.1 Å². The number of alkyl halides is 3. The average Bonchev–Trinajstić information content (AvgIpc) is 3.70. The third kappa shape index (κ3) is 6.44. The Labute approximate surface area is 305 Å². The first-order chi connectivity index (χ1) is 24.7. The van der Waals surface area contributed by atoms with E-state index in [0.29, 0.717) is 61.5 Å². The van der Waals surface area contributed by atoms with Crippen molar-refractivity contribution in [1.82, 2.24) is 29.7 Å². The zero-order chi connectivity index (χ0) is 37.1. The number of nitrogen functional groups attached to an aromatic ring is 1. The van der Waals surface area contributed by atoms with E-state index in [1.54, 1.807) is 4.68 Å². The molecule has 4 aliphatic heterocycles. The molecule has 4 aliphatic rings. The van der Waals surface area contributed by atoms with Crippen molar-refractivity contribution in [2.24, 2.45) is 0 Å². The first-order valence-electron chi connectivity index (χ1n) is 16.6. The summed E-state index contributed by atoms with van der Waals surface area (Å²) in [7, 11) is 2.77. The molecule has 6 heterocycles. The normalized spacial score (nSPS) is 22.7. The maximum Gasteiger partial charge on any atom is 0.418 e. The molecule has 2 saturated heterocycles. The third-order valence-electron chi connectivity index (χ3n) is 10.3. The average molecular weight is 774 g/mol. The number of fused-ring (bicyclic) bond motifs is 3. The van der Waals surface area contributed by atoms with Gasteiger partial charge in [0.2, 0.25) is 0 Å². The Kier molecular flexibility index (Phi) is 9.78. The van der Waals surface area contributed by atoms with Crippen molar-refractivity contribution in [3.05, 3.63) is 67.6 Å². The van der Waals surface area contributed by atoms with Crippen molar-refractivity contribution in [2.75, 3.05) is 51.0 Å². The van der Waals surface area contributed by atoms with Crippen molar-refractivity contribution in [2.45, 2.75) is 69.6 Å². The molecule has 52 heavy (non-hydrogen) atoms. The predicted octanol–water partition coefficient (Wildman–Crippen LogP) is 6.05. The number of rotatable bonds is 7. The Balaban J connectivity index is 1.28. The van der Waals surface area contributed by atoms with Crippen LogP contribution in [-0.4, -0.2) is 81.6 Å². The van der Waals surface area contributed by atoms with Crippen LogP contribution >= 0.6 is 23.2 Å². The number of benzene rings is 1. The molecule has 2 aromatic heterocycles. The number of nitrogens with zero attached hydrogens (tertiary/aromatic N) is 7. The second-order valence-electron chi connectivity index (χ2n) is 13.4. The Morgan fingerprint density at radius 2 is 2.00 bits per heavy atom. The van der Waals surface area contributed by atoms with Crippen molar-refractivity contribution in [3.8, 4) is 6.01 Å². The van der Waals surface area contributed by atoms with Crippen LogP contribution in [0.15, 0.2) is 18.0 Å². The molecule has 2 atom stereocenters. The molecule has 1 amide bonds. The number of amides is 1. The van der Waals surface area contributed by atoms with E-state index < -0.39 is 51.4 Å².